The van der Waals surface area contributed by atoms with E-state index < -0.39 is 0 Å². The van der Waals surface area contributed by atoms with E-state index in [4.69, 9.17) is 0 Å². The fraction of sp³-hybridized carbons (Fsp3) is 0.259. The van der Waals surface area contributed by atoms with E-state index in [2.05, 4.69) is 15.3 Å². The van der Waals surface area contributed by atoms with Crippen molar-refractivity contribution in [2.45, 2.75) is 26.3 Å². The molecule has 1 amide bonds. The monoisotopic (exact) mass is 453 g/mol. The van der Waals surface area contributed by atoms with E-state index in [-0.39, 0.29) is 17.4 Å². The third-order valence-corrected chi connectivity index (χ3v) is 6.25. The molecule has 34 heavy (non-hydrogen) atoms. The second-order valence-corrected chi connectivity index (χ2v) is 8.80. The van der Waals surface area contributed by atoms with Gasteiger partial charge in [0.15, 0.2) is 11.5 Å². The van der Waals surface area contributed by atoms with Crippen molar-refractivity contribution < 1.29 is 4.79 Å². The Morgan fingerprint density at radius 2 is 1.94 bits per heavy atom. The molecule has 7 heteroatoms. The fourth-order valence-electron chi connectivity index (χ4n) is 4.53. The lowest BCUT2D eigenvalue weighted by molar-refractivity contribution is -0.120. The Hall–Kier alpha value is -4.00. The molecule has 0 unspecified atom stereocenters. The average Bonchev–Trinajstić information content (AvgIpc) is 2.86. The summed E-state index contributed by atoms with van der Waals surface area (Å²) in [6.45, 7) is 3.55. The summed E-state index contributed by atoms with van der Waals surface area (Å²) in [7, 11) is 0. The molecule has 0 saturated carbocycles. The van der Waals surface area contributed by atoms with Crippen molar-refractivity contribution in [3.05, 3.63) is 94.4 Å². The van der Waals surface area contributed by atoms with Crippen molar-refractivity contribution in [3.8, 4) is 0 Å². The fourth-order valence-corrected chi connectivity index (χ4v) is 4.53. The van der Waals surface area contributed by atoms with Crippen LogP contribution in [0.3, 0.4) is 0 Å². The Kier molecular flexibility index (Phi) is 6.08. The lowest BCUT2D eigenvalue weighted by Gasteiger charge is -2.32. The molecule has 1 aliphatic rings. The van der Waals surface area contributed by atoms with Gasteiger partial charge in [-0.05, 0) is 55.2 Å². The van der Waals surface area contributed by atoms with Crippen LogP contribution in [0.2, 0.25) is 0 Å². The smallest absolute Gasteiger partial charge is 0.295 e. The quantitative estimate of drug-likeness (QED) is 0.494. The van der Waals surface area contributed by atoms with Gasteiger partial charge >= 0.3 is 0 Å². The summed E-state index contributed by atoms with van der Waals surface area (Å²) in [5.41, 5.74) is 3.95. The van der Waals surface area contributed by atoms with Crippen LogP contribution in [0.5, 0.6) is 0 Å². The molecule has 5 rings (SSSR count). The number of nitrogens with zero attached hydrogens (tertiary/aromatic N) is 4. The predicted molar refractivity (Wildman–Crippen MR) is 134 cm³/mol. The van der Waals surface area contributed by atoms with Crippen LogP contribution in [0.15, 0.2) is 77.7 Å². The molecule has 3 heterocycles. The number of hydrogen-bond acceptors (Lipinski definition) is 5. The topological polar surface area (TPSA) is 80.1 Å². The SMILES string of the molecule is Cc1cccc(NC(=O)[C@@H]2CCCN(c3nc4cccnc4n(Cc4ccccc4)c3=O)C2)c1. The van der Waals surface area contributed by atoms with E-state index in [0.29, 0.717) is 36.6 Å². The first-order valence-corrected chi connectivity index (χ1v) is 11.6. The van der Waals surface area contributed by atoms with Crippen molar-refractivity contribution >= 4 is 28.6 Å². The van der Waals surface area contributed by atoms with Gasteiger partial charge in [-0.3, -0.25) is 14.2 Å². The number of carbonyl (C=O) groups excluding carboxylic acids is 1. The van der Waals surface area contributed by atoms with Crippen molar-refractivity contribution in [2.75, 3.05) is 23.3 Å². The van der Waals surface area contributed by atoms with Crippen LogP contribution >= 0.6 is 0 Å². The van der Waals surface area contributed by atoms with Crippen LogP contribution in [0.1, 0.15) is 24.0 Å². The number of amides is 1. The highest BCUT2D eigenvalue weighted by molar-refractivity contribution is 5.93. The highest BCUT2D eigenvalue weighted by atomic mass is 16.2. The number of hydrogen-bond donors (Lipinski definition) is 1. The Bertz CT molecular complexity index is 1380. The normalized spacial score (nSPS) is 15.9. The molecule has 2 aromatic carbocycles. The van der Waals surface area contributed by atoms with E-state index in [1.807, 2.05) is 78.6 Å². The van der Waals surface area contributed by atoms with Gasteiger partial charge in [0.05, 0.1) is 12.5 Å². The molecule has 1 atom stereocenters. The van der Waals surface area contributed by atoms with E-state index in [1.165, 1.54) is 0 Å². The summed E-state index contributed by atoms with van der Waals surface area (Å²) in [4.78, 5) is 37.7. The number of nitrogens with one attached hydrogen (secondary N) is 1. The van der Waals surface area contributed by atoms with Crippen LogP contribution in [0.4, 0.5) is 11.5 Å². The zero-order valence-electron chi connectivity index (χ0n) is 19.1. The molecule has 0 radical (unpaired) electrons. The predicted octanol–water partition coefficient (Wildman–Crippen LogP) is 4.00. The maximum atomic E-state index is 13.6. The molecule has 1 saturated heterocycles. The van der Waals surface area contributed by atoms with E-state index in [9.17, 15) is 9.59 Å². The molecule has 7 nitrogen and oxygen atoms in total. The molecule has 1 aliphatic heterocycles. The first kappa shape index (κ1) is 21.8. The lowest BCUT2D eigenvalue weighted by Crippen LogP contribution is -2.44. The maximum Gasteiger partial charge on any atom is 0.295 e. The van der Waals surface area contributed by atoms with Crippen molar-refractivity contribution in [3.63, 3.8) is 0 Å². The molecule has 1 fully saturated rings. The first-order valence-electron chi connectivity index (χ1n) is 11.6. The summed E-state index contributed by atoms with van der Waals surface area (Å²) >= 11 is 0. The number of pyridine rings is 1. The van der Waals surface area contributed by atoms with E-state index in [0.717, 1.165) is 29.7 Å². The van der Waals surface area contributed by atoms with Gasteiger partial charge in [0.1, 0.15) is 5.52 Å². The van der Waals surface area contributed by atoms with Gasteiger partial charge in [0.2, 0.25) is 5.91 Å². The summed E-state index contributed by atoms with van der Waals surface area (Å²) in [6.07, 6.45) is 3.27. The summed E-state index contributed by atoms with van der Waals surface area (Å²) in [5, 5.41) is 3.03. The van der Waals surface area contributed by atoms with Gasteiger partial charge in [-0.25, -0.2) is 9.97 Å². The minimum atomic E-state index is -0.220. The number of benzene rings is 2. The molecular formula is C27H27N5O2. The highest BCUT2D eigenvalue weighted by Crippen LogP contribution is 2.23. The van der Waals surface area contributed by atoms with Gasteiger partial charge in [0, 0.05) is 25.0 Å². The second-order valence-electron chi connectivity index (χ2n) is 8.80. The number of carbonyl (C=O) groups is 1. The average molecular weight is 454 g/mol. The lowest BCUT2D eigenvalue weighted by atomic mass is 9.97. The van der Waals surface area contributed by atoms with Crippen LogP contribution in [-0.2, 0) is 11.3 Å². The Balaban J connectivity index is 1.44. The minimum Gasteiger partial charge on any atom is -0.351 e. The molecule has 0 aliphatic carbocycles. The van der Waals surface area contributed by atoms with E-state index >= 15 is 0 Å². The van der Waals surface area contributed by atoms with Crippen molar-refractivity contribution in [1.82, 2.24) is 14.5 Å². The van der Waals surface area contributed by atoms with Crippen molar-refractivity contribution in [2.24, 2.45) is 5.92 Å². The maximum absolute atomic E-state index is 13.6. The molecule has 172 valence electrons. The van der Waals surface area contributed by atoms with Gasteiger partial charge in [-0.15, -0.1) is 0 Å². The zero-order valence-corrected chi connectivity index (χ0v) is 19.1. The number of aryl methyl sites for hydroxylation is 1. The highest BCUT2D eigenvalue weighted by Gasteiger charge is 2.29. The third kappa shape index (κ3) is 4.55. The number of piperidine rings is 1. The number of anilines is 2. The largest absolute Gasteiger partial charge is 0.351 e. The molecule has 0 bridgehead atoms. The summed E-state index contributed by atoms with van der Waals surface area (Å²) < 4.78 is 1.68. The second kappa shape index (κ2) is 9.47. The molecule has 2 aromatic heterocycles. The third-order valence-electron chi connectivity index (χ3n) is 6.25. The summed E-state index contributed by atoms with van der Waals surface area (Å²) in [6, 6.07) is 21.3. The Labute approximate surface area is 198 Å². The number of fused-ring (bicyclic) bond motifs is 1. The minimum absolute atomic E-state index is 0.0256. The van der Waals surface area contributed by atoms with Gasteiger partial charge in [0.25, 0.3) is 5.56 Å². The van der Waals surface area contributed by atoms with Gasteiger partial charge < -0.3 is 10.2 Å². The van der Waals surface area contributed by atoms with E-state index in [1.54, 1.807) is 10.8 Å². The standard InChI is InChI=1S/C27H27N5O2/c1-19-8-5-12-22(16-19)29-26(33)21-11-7-15-31(18-21)25-27(34)32(17-20-9-3-2-4-10-20)24-23(30-25)13-6-14-28-24/h2-6,8-10,12-14,16,21H,7,11,15,17-18H2,1H3,(H,29,33)/t21-/m1/s1. The van der Waals surface area contributed by atoms with Crippen LogP contribution in [-0.4, -0.2) is 33.5 Å². The molecular weight excluding hydrogens is 426 g/mol. The molecule has 1 N–H and O–H groups in total. The van der Waals surface area contributed by atoms with Crippen LogP contribution in [0.25, 0.3) is 11.2 Å². The zero-order chi connectivity index (χ0) is 23.5. The molecule has 0 spiro atoms. The van der Waals surface area contributed by atoms with Gasteiger partial charge in [-0.1, -0.05) is 42.5 Å². The molecule has 4 aromatic rings. The van der Waals surface area contributed by atoms with Crippen LogP contribution in [0, 0.1) is 12.8 Å². The Morgan fingerprint density at radius 3 is 2.76 bits per heavy atom. The number of rotatable bonds is 5. The first-order chi connectivity index (χ1) is 16.6. The Morgan fingerprint density at radius 1 is 1.09 bits per heavy atom. The van der Waals surface area contributed by atoms with Gasteiger partial charge in [-0.2, -0.15) is 0 Å². The van der Waals surface area contributed by atoms with Crippen LogP contribution < -0.4 is 15.8 Å². The van der Waals surface area contributed by atoms with Crippen molar-refractivity contribution in [1.29, 1.82) is 0 Å². The summed E-state index contributed by atoms with van der Waals surface area (Å²) in [5.74, 6) is 0.134. The number of aromatic nitrogens is 3.